The Labute approximate surface area is 213 Å². The zero-order chi connectivity index (χ0) is 24.8. The van der Waals surface area contributed by atoms with Crippen molar-refractivity contribution in [3.63, 3.8) is 0 Å². The molecule has 36 heavy (non-hydrogen) atoms. The van der Waals surface area contributed by atoms with Crippen LogP contribution in [0.5, 0.6) is 0 Å². The van der Waals surface area contributed by atoms with Crippen molar-refractivity contribution < 1.29 is 0 Å². The highest BCUT2D eigenvalue weighted by molar-refractivity contribution is 5.93. The van der Waals surface area contributed by atoms with Crippen LogP contribution in [0, 0.1) is 5.41 Å². The van der Waals surface area contributed by atoms with Crippen molar-refractivity contribution in [3.05, 3.63) is 91.2 Å². The highest BCUT2D eigenvalue weighted by Crippen LogP contribution is 2.70. The lowest BCUT2D eigenvalue weighted by Crippen LogP contribution is -2.72. The number of hydrogen-bond donors (Lipinski definition) is 0. The van der Waals surface area contributed by atoms with Gasteiger partial charge in [-0.25, -0.2) is 9.97 Å². The molecule has 3 aromatic rings. The van der Waals surface area contributed by atoms with Crippen molar-refractivity contribution in [1.82, 2.24) is 14.9 Å². The van der Waals surface area contributed by atoms with Gasteiger partial charge < -0.3 is 19.6 Å². The fourth-order valence-electron chi connectivity index (χ4n) is 8.25. The molecule has 6 nitrogen and oxygen atoms in total. The number of anilines is 4. The van der Waals surface area contributed by atoms with Crippen LogP contribution < -0.4 is 14.7 Å². The van der Waals surface area contributed by atoms with E-state index < -0.39 is 0 Å². The molecule has 7 rings (SSSR count). The summed E-state index contributed by atoms with van der Waals surface area (Å²) in [7, 11) is 4.44. The molecular formula is C30H32N6. The van der Waals surface area contributed by atoms with Gasteiger partial charge >= 0.3 is 0 Å². The second-order valence-corrected chi connectivity index (χ2v) is 10.5. The Morgan fingerprint density at radius 1 is 0.889 bits per heavy atom. The number of allylic oxidation sites excluding steroid dienone is 1. The van der Waals surface area contributed by atoms with Crippen LogP contribution in [-0.4, -0.2) is 41.3 Å². The number of benzene rings is 2. The van der Waals surface area contributed by atoms with E-state index in [0.29, 0.717) is 0 Å². The Balaban J connectivity index is 1.67. The minimum absolute atomic E-state index is 0.0118. The number of nitrogens with zero attached hydrogens (tertiary/aromatic N) is 6. The maximum absolute atomic E-state index is 4.95. The molecule has 4 unspecified atom stereocenters. The normalized spacial score (nSPS) is 29.3. The molecule has 0 aliphatic carbocycles. The summed E-state index contributed by atoms with van der Waals surface area (Å²) < 4.78 is 0. The molecule has 0 bridgehead atoms. The highest BCUT2D eigenvalue weighted by Gasteiger charge is 2.70. The third-order valence-corrected chi connectivity index (χ3v) is 9.48. The van der Waals surface area contributed by atoms with Crippen LogP contribution in [0.1, 0.15) is 37.8 Å². The minimum Gasteiger partial charge on any atom is -0.358 e. The highest BCUT2D eigenvalue weighted by atomic mass is 15.5. The summed E-state index contributed by atoms with van der Waals surface area (Å²) in [6, 6.07) is 17.8. The molecule has 5 heterocycles. The van der Waals surface area contributed by atoms with Crippen molar-refractivity contribution >= 4 is 28.5 Å². The lowest BCUT2D eigenvalue weighted by atomic mass is 9.48. The molecule has 6 heteroatoms. The summed E-state index contributed by atoms with van der Waals surface area (Å²) in [6.45, 7) is 9.67. The third-order valence-electron chi connectivity index (χ3n) is 9.48. The van der Waals surface area contributed by atoms with Crippen molar-refractivity contribution in [3.8, 4) is 0 Å². The zero-order valence-electron chi connectivity index (χ0n) is 21.4. The van der Waals surface area contributed by atoms with E-state index in [4.69, 9.17) is 11.6 Å². The fraction of sp³-hybridized carbons (Fsp3) is 0.333. The Hall–Kier alpha value is -3.80. The van der Waals surface area contributed by atoms with Gasteiger partial charge in [0.05, 0.1) is 17.3 Å². The predicted molar refractivity (Wildman–Crippen MR) is 146 cm³/mol. The van der Waals surface area contributed by atoms with E-state index in [1.807, 2.05) is 6.20 Å². The minimum atomic E-state index is -0.307. The molecule has 0 saturated carbocycles. The zero-order valence-corrected chi connectivity index (χ0v) is 21.4. The van der Waals surface area contributed by atoms with Crippen LogP contribution in [0.3, 0.4) is 0 Å². The summed E-state index contributed by atoms with van der Waals surface area (Å²) in [5.74, 6) is 0.969. The summed E-state index contributed by atoms with van der Waals surface area (Å²) >= 11 is 0. The maximum Gasteiger partial charge on any atom is 0.161 e. The number of fused-ring (bicyclic) bond motifs is 12. The van der Waals surface area contributed by atoms with Gasteiger partial charge in [0.1, 0.15) is 24.3 Å². The van der Waals surface area contributed by atoms with Gasteiger partial charge in [-0.05, 0) is 36.1 Å². The first-order chi connectivity index (χ1) is 17.5. The lowest BCUT2D eigenvalue weighted by Gasteiger charge is -2.64. The number of aromatic nitrogens is 2. The van der Waals surface area contributed by atoms with Gasteiger partial charge in [-0.1, -0.05) is 56.8 Å². The molecule has 0 N–H and O–H groups in total. The topological polar surface area (TPSA) is 38.7 Å². The molecule has 4 aliphatic rings. The van der Waals surface area contributed by atoms with Crippen molar-refractivity contribution in [1.29, 1.82) is 0 Å². The molecule has 182 valence electrons. The van der Waals surface area contributed by atoms with Crippen LogP contribution >= 0.6 is 0 Å². The molecular weight excluding hydrogens is 444 g/mol. The number of para-hydroxylation sites is 2. The van der Waals surface area contributed by atoms with Crippen molar-refractivity contribution in [2.24, 2.45) is 5.41 Å². The largest absolute Gasteiger partial charge is 0.358 e. The standard InChI is InChI=1S/C30H32N6/c1-6-29-20(3)21-12-8-10-14-23(21)36-26-25(18-31-19-32-26)34(5)28(36)30(29,7-2)27-33(4)16-17-35(27)24-15-11-9-13-22(24)29/h8-19,27-28H,3,6-7H2,1-2,4-5H3. The van der Waals surface area contributed by atoms with E-state index >= 15 is 0 Å². The molecule has 0 radical (unpaired) electrons. The number of hydrogen-bond acceptors (Lipinski definition) is 6. The van der Waals surface area contributed by atoms with Crippen molar-refractivity contribution in [2.75, 3.05) is 28.8 Å². The van der Waals surface area contributed by atoms with Crippen LogP contribution in [-0.2, 0) is 5.41 Å². The van der Waals surface area contributed by atoms with Gasteiger partial charge in [0.15, 0.2) is 5.82 Å². The molecule has 0 saturated heterocycles. The molecule has 0 fully saturated rings. The Morgan fingerprint density at radius 2 is 1.64 bits per heavy atom. The summed E-state index contributed by atoms with van der Waals surface area (Å²) in [5, 5.41) is 0. The lowest BCUT2D eigenvalue weighted by molar-refractivity contribution is 0.0205. The second-order valence-electron chi connectivity index (χ2n) is 10.5. The SMILES string of the molecule is C=C1c2ccccc2N2c3ncncc3N(C)C2C2(CC)C3N(C)C=CN3c3ccccc3C12CC. The van der Waals surface area contributed by atoms with Gasteiger partial charge in [-0.2, -0.15) is 0 Å². The first kappa shape index (κ1) is 21.5. The molecule has 4 aliphatic heterocycles. The van der Waals surface area contributed by atoms with Crippen LogP contribution in [0.2, 0.25) is 0 Å². The molecule has 0 amide bonds. The summed E-state index contributed by atoms with van der Waals surface area (Å²) in [6.07, 6.45) is 10.2. The second kappa shape index (κ2) is 7.12. The summed E-state index contributed by atoms with van der Waals surface area (Å²) in [4.78, 5) is 19.1. The monoisotopic (exact) mass is 476 g/mol. The van der Waals surface area contributed by atoms with E-state index in [2.05, 4.69) is 113 Å². The van der Waals surface area contributed by atoms with Gasteiger partial charge in [0.2, 0.25) is 0 Å². The Bertz CT molecular complexity index is 1430. The first-order valence-corrected chi connectivity index (χ1v) is 12.9. The Morgan fingerprint density at radius 3 is 2.42 bits per heavy atom. The van der Waals surface area contributed by atoms with Gasteiger partial charge in [-0.15, -0.1) is 0 Å². The molecule has 4 atom stereocenters. The first-order valence-electron chi connectivity index (χ1n) is 12.9. The van der Waals surface area contributed by atoms with Gasteiger partial charge in [-0.3, -0.25) is 0 Å². The van der Waals surface area contributed by atoms with E-state index in [-0.39, 0.29) is 23.2 Å². The summed E-state index contributed by atoms with van der Waals surface area (Å²) in [5.41, 5.74) is 6.72. The number of rotatable bonds is 2. The van der Waals surface area contributed by atoms with E-state index in [1.54, 1.807) is 6.33 Å². The van der Waals surface area contributed by atoms with Crippen molar-refractivity contribution in [2.45, 2.75) is 44.4 Å². The molecule has 2 aromatic carbocycles. The molecule has 0 spiro atoms. The van der Waals surface area contributed by atoms with E-state index in [0.717, 1.165) is 24.3 Å². The van der Waals surface area contributed by atoms with Gasteiger partial charge in [0, 0.05) is 43.2 Å². The van der Waals surface area contributed by atoms with Gasteiger partial charge in [0.25, 0.3) is 0 Å². The Kier molecular flexibility index (Phi) is 4.25. The van der Waals surface area contributed by atoms with Crippen LogP contribution in [0.15, 0.2) is 80.0 Å². The molecule has 1 aromatic heterocycles. The quantitative estimate of drug-likeness (QED) is 0.471. The maximum atomic E-state index is 4.95. The average molecular weight is 477 g/mol. The van der Waals surface area contributed by atoms with E-state index in [1.165, 1.54) is 28.1 Å². The predicted octanol–water partition coefficient (Wildman–Crippen LogP) is 5.72. The smallest absolute Gasteiger partial charge is 0.161 e. The third kappa shape index (κ3) is 2.16. The fourth-order valence-corrected chi connectivity index (χ4v) is 8.25. The van der Waals surface area contributed by atoms with Crippen LogP contribution in [0.4, 0.5) is 22.9 Å². The van der Waals surface area contributed by atoms with Crippen LogP contribution in [0.25, 0.3) is 5.57 Å². The average Bonchev–Trinajstić information content (AvgIpc) is 3.43. The van der Waals surface area contributed by atoms with E-state index in [9.17, 15) is 0 Å².